The first-order chi connectivity index (χ1) is 5.43. The Kier molecular flexibility index (Phi) is 5.09. The Morgan fingerprint density at radius 1 is 1.18 bits per heavy atom. The van der Waals surface area contributed by atoms with E-state index in [1.807, 2.05) is 11.8 Å². The number of rotatable bonds is 4. The summed E-state index contributed by atoms with van der Waals surface area (Å²) in [6.07, 6.45) is 12.7. The predicted molar refractivity (Wildman–Crippen MR) is 54.2 cm³/mol. The summed E-state index contributed by atoms with van der Waals surface area (Å²) < 4.78 is 0. The van der Waals surface area contributed by atoms with Gasteiger partial charge in [0.05, 0.1) is 0 Å². The van der Waals surface area contributed by atoms with E-state index in [-0.39, 0.29) is 0 Å². The lowest BCUT2D eigenvalue weighted by Crippen LogP contribution is -2.06. The van der Waals surface area contributed by atoms with Gasteiger partial charge in [0.15, 0.2) is 0 Å². The lowest BCUT2D eigenvalue weighted by Gasteiger charge is -2.20. The van der Waals surface area contributed by atoms with E-state index in [9.17, 15) is 0 Å². The van der Waals surface area contributed by atoms with E-state index >= 15 is 0 Å². The van der Waals surface area contributed by atoms with Gasteiger partial charge in [0.2, 0.25) is 0 Å². The number of thioether (sulfide) groups is 1. The molecule has 1 aliphatic carbocycles. The fourth-order valence-electron chi connectivity index (χ4n) is 1.99. The van der Waals surface area contributed by atoms with Gasteiger partial charge in [0, 0.05) is 0 Å². The maximum atomic E-state index is 2.21. The molecule has 66 valence electrons. The van der Waals surface area contributed by atoms with Gasteiger partial charge in [0.1, 0.15) is 0 Å². The molecule has 0 atom stereocenters. The van der Waals surface area contributed by atoms with Gasteiger partial charge in [-0.3, -0.25) is 0 Å². The first-order valence-corrected chi connectivity index (χ1v) is 6.32. The highest BCUT2D eigenvalue weighted by Crippen LogP contribution is 2.27. The number of hydrogen-bond acceptors (Lipinski definition) is 1. The smallest absolute Gasteiger partial charge is 0.00702 e. The molecule has 1 heteroatoms. The van der Waals surface area contributed by atoms with Crippen molar-refractivity contribution in [3.63, 3.8) is 0 Å². The molecule has 0 spiro atoms. The summed E-state index contributed by atoms with van der Waals surface area (Å²) in [5.41, 5.74) is 0. The van der Waals surface area contributed by atoms with Crippen LogP contribution in [0.3, 0.4) is 0 Å². The zero-order valence-electron chi connectivity index (χ0n) is 7.64. The highest BCUT2D eigenvalue weighted by molar-refractivity contribution is 7.98. The molecule has 1 aliphatic rings. The van der Waals surface area contributed by atoms with Crippen LogP contribution in [-0.4, -0.2) is 12.0 Å². The summed E-state index contributed by atoms with van der Waals surface area (Å²) >= 11 is 1.99. The van der Waals surface area contributed by atoms with Crippen LogP contribution in [0.4, 0.5) is 0 Å². The van der Waals surface area contributed by atoms with Crippen molar-refractivity contribution >= 4 is 11.8 Å². The summed E-state index contributed by atoms with van der Waals surface area (Å²) in [5.74, 6) is 2.46. The normalized spacial score (nSPS) is 20.5. The monoisotopic (exact) mass is 172 g/mol. The van der Waals surface area contributed by atoms with Crippen molar-refractivity contribution in [3.05, 3.63) is 0 Å². The molecule has 11 heavy (non-hydrogen) atoms. The second-order valence-electron chi connectivity index (χ2n) is 3.64. The molecule has 0 radical (unpaired) electrons. The zero-order chi connectivity index (χ0) is 7.94. The fourth-order valence-corrected chi connectivity index (χ4v) is 2.45. The molecule has 0 saturated heterocycles. The Morgan fingerprint density at radius 2 is 1.91 bits per heavy atom. The summed E-state index contributed by atoms with van der Waals surface area (Å²) in [6.45, 7) is 0. The third kappa shape index (κ3) is 4.05. The fraction of sp³-hybridized carbons (Fsp3) is 1.00. The quantitative estimate of drug-likeness (QED) is 0.583. The van der Waals surface area contributed by atoms with Crippen LogP contribution in [0, 0.1) is 5.92 Å². The van der Waals surface area contributed by atoms with Crippen molar-refractivity contribution in [3.8, 4) is 0 Å². The van der Waals surface area contributed by atoms with Crippen molar-refractivity contribution in [1.29, 1.82) is 0 Å². The van der Waals surface area contributed by atoms with Crippen LogP contribution in [0.2, 0.25) is 0 Å². The molecule has 1 fully saturated rings. The van der Waals surface area contributed by atoms with Crippen molar-refractivity contribution in [1.82, 2.24) is 0 Å². The summed E-state index contributed by atoms with van der Waals surface area (Å²) in [7, 11) is 0. The zero-order valence-corrected chi connectivity index (χ0v) is 8.46. The average molecular weight is 172 g/mol. The Labute approximate surface area is 75.1 Å². The van der Waals surface area contributed by atoms with E-state index in [2.05, 4.69) is 6.26 Å². The summed E-state index contributed by atoms with van der Waals surface area (Å²) in [4.78, 5) is 0. The Morgan fingerprint density at radius 3 is 2.55 bits per heavy atom. The lowest BCUT2D eigenvalue weighted by atomic mass is 9.86. The Balaban J connectivity index is 1.96. The van der Waals surface area contributed by atoms with Crippen molar-refractivity contribution < 1.29 is 0 Å². The molecular weight excluding hydrogens is 152 g/mol. The lowest BCUT2D eigenvalue weighted by molar-refractivity contribution is 0.337. The van der Waals surface area contributed by atoms with Gasteiger partial charge >= 0.3 is 0 Å². The van der Waals surface area contributed by atoms with Gasteiger partial charge in [-0.05, 0) is 30.8 Å². The van der Waals surface area contributed by atoms with E-state index in [4.69, 9.17) is 0 Å². The van der Waals surface area contributed by atoms with Gasteiger partial charge in [-0.1, -0.05) is 32.1 Å². The van der Waals surface area contributed by atoms with Crippen LogP contribution < -0.4 is 0 Å². The molecule has 0 bridgehead atoms. The molecule has 1 saturated carbocycles. The minimum atomic E-state index is 1.09. The molecule has 0 aromatic rings. The van der Waals surface area contributed by atoms with Gasteiger partial charge in [-0.2, -0.15) is 11.8 Å². The van der Waals surface area contributed by atoms with Crippen molar-refractivity contribution in [2.75, 3.05) is 12.0 Å². The predicted octanol–water partition coefficient (Wildman–Crippen LogP) is 3.71. The third-order valence-corrected chi connectivity index (χ3v) is 3.38. The average Bonchev–Trinajstić information content (AvgIpc) is 2.07. The van der Waals surface area contributed by atoms with Gasteiger partial charge < -0.3 is 0 Å². The SMILES string of the molecule is CSCCCC1CCCCC1. The molecule has 0 aromatic carbocycles. The van der Waals surface area contributed by atoms with Gasteiger partial charge in [-0.15, -0.1) is 0 Å². The minimum absolute atomic E-state index is 1.09. The number of hydrogen-bond donors (Lipinski definition) is 0. The van der Waals surface area contributed by atoms with Crippen molar-refractivity contribution in [2.24, 2.45) is 5.92 Å². The minimum Gasteiger partial charge on any atom is -0.165 e. The molecule has 0 aliphatic heterocycles. The molecule has 0 N–H and O–H groups in total. The summed E-state index contributed by atoms with van der Waals surface area (Å²) in [6, 6.07) is 0. The van der Waals surface area contributed by atoms with Gasteiger partial charge in [-0.25, -0.2) is 0 Å². The Bertz CT molecular complexity index is 84.9. The molecule has 1 rings (SSSR count). The molecule has 0 amide bonds. The van der Waals surface area contributed by atoms with E-state index in [1.54, 1.807) is 0 Å². The molecule has 0 heterocycles. The molecule has 0 unspecified atom stereocenters. The standard InChI is InChI=1S/C10H20S/c1-11-9-5-8-10-6-3-2-4-7-10/h10H,2-9H2,1H3. The first kappa shape index (κ1) is 9.44. The topological polar surface area (TPSA) is 0 Å². The van der Waals surface area contributed by atoms with Crippen LogP contribution in [0.15, 0.2) is 0 Å². The maximum absolute atomic E-state index is 2.21. The molecular formula is C10H20S. The highest BCUT2D eigenvalue weighted by atomic mass is 32.2. The largest absolute Gasteiger partial charge is 0.165 e. The Hall–Kier alpha value is 0.350. The first-order valence-electron chi connectivity index (χ1n) is 4.92. The van der Waals surface area contributed by atoms with Crippen LogP contribution in [-0.2, 0) is 0 Å². The maximum Gasteiger partial charge on any atom is -0.00702 e. The summed E-state index contributed by atoms with van der Waals surface area (Å²) in [5, 5.41) is 0. The van der Waals surface area contributed by atoms with Crippen LogP contribution >= 0.6 is 11.8 Å². The van der Waals surface area contributed by atoms with E-state index in [0.717, 1.165) is 5.92 Å². The second-order valence-corrected chi connectivity index (χ2v) is 4.62. The van der Waals surface area contributed by atoms with Crippen LogP contribution in [0.5, 0.6) is 0 Å². The van der Waals surface area contributed by atoms with Crippen LogP contribution in [0.25, 0.3) is 0 Å². The van der Waals surface area contributed by atoms with Gasteiger partial charge in [0.25, 0.3) is 0 Å². The highest BCUT2D eigenvalue weighted by Gasteiger charge is 2.11. The third-order valence-electron chi connectivity index (χ3n) is 2.69. The van der Waals surface area contributed by atoms with E-state index in [1.165, 1.54) is 50.7 Å². The van der Waals surface area contributed by atoms with E-state index < -0.39 is 0 Å². The molecule has 0 nitrogen and oxygen atoms in total. The molecule has 0 aromatic heterocycles. The van der Waals surface area contributed by atoms with Crippen LogP contribution in [0.1, 0.15) is 44.9 Å². The van der Waals surface area contributed by atoms with Crippen molar-refractivity contribution in [2.45, 2.75) is 44.9 Å². The van der Waals surface area contributed by atoms with E-state index in [0.29, 0.717) is 0 Å². The second kappa shape index (κ2) is 5.93.